The molecule has 3 aromatic rings. The van der Waals surface area contributed by atoms with Gasteiger partial charge >= 0.3 is 5.97 Å². The first kappa shape index (κ1) is 14.6. The lowest BCUT2D eigenvalue weighted by Crippen LogP contribution is -2.06. The largest absolute Gasteiger partial charge is 0.465 e. The van der Waals surface area contributed by atoms with Gasteiger partial charge in [-0.3, -0.25) is 0 Å². The Morgan fingerprint density at radius 1 is 1.38 bits per heavy atom. The van der Waals surface area contributed by atoms with Gasteiger partial charge < -0.3 is 10.1 Å². The van der Waals surface area contributed by atoms with Gasteiger partial charge in [0.25, 0.3) is 0 Å². The van der Waals surface area contributed by atoms with E-state index in [-0.39, 0.29) is 5.97 Å². The molecule has 0 radical (unpaired) electrons. The van der Waals surface area contributed by atoms with Crippen molar-refractivity contribution in [2.75, 3.05) is 12.4 Å². The summed E-state index contributed by atoms with van der Waals surface area (Å²) >= 11 is 0. The molecule has 1 aromatic carbocycles. The molecule has 0 unspecified atom stereocenters. The Morgan fingerprint density at radius 3 is 3.04 bits per heavy atom. The van der Waals surface area contributed by atoms with Gasteiger partial charge in [0.05, 0.1) is 24.1 Å². The maximum absolute atomic E-state index is 11.6. The third-order valence-corrected chi connectivity index (χ3v) is 4.11. The molecule has 1 aliphatic carbocycles. The summed E-state index contributed by atoms with van der Waals surface area (Å²) in [6.45, 7) is 0.571. The molecule has 0 spiro atoms. The Kier molecular flexibility index (Phi) is 3.60. The number of fused-ring (bicyclic) bond motifs is 1. The second kappa shape index (κ2) is 5.92. The molecule has 0 aliphatic heterocycles. The number of aromatic nitrogens is 4. The Morgan fingerprint density at radius 2 is 2.25 bits per heavy atom. The monoisotopic (exact) mass is 323 g/mol. The van der Waals surface area contributed by atoms with E-state index in [0.29, 0.717) is 23.7 Å². The molecular weight excluding hydrogens is 306 g/mol. The van der Waals surface area contributed by atoms with Crippen LogP contribution >= 0.6 is 0 Å². The fraction of sp³-hybridized carbons (Fsp3) is 0.294. The van der Waals surface area contributed by atoms with Crippen LogP contribution in [0.15, 0.2) is 36.7 Å². The summed E-state index contributed by atoms with van der Waals surface area (Å²) < 4.78 is 6.47. The van der Waals surface area contributed by atoms with Crippen LogP contribution in [0, 0.1) is 0 Å². The summed E-state index contributed by atoms with van der Waals surface area (Å²) in [5.74, 6) is 0.205. The number of rotatable bonds is 5. The highest BCUT2D eigenvalue weighted by Crippen LogP contribution is 2.39. The van der Waals surface area contributed by atoms with E-state index in [0.717, 1.165) is 16.9 Å². The third-order valence-electron chi connectivity index (χ3n) is 4.11. The minimum absolute atomic E-state index is 0.336. The summed E-state index contributed by atoms with van der Waals surface area (Å²) in [4.78, 5) is 11.6. The molecule has 7 heteroatoms. The van der Waals surface area contributed by atoms with Gasteiger partial charge in [0.15, 0.2) is 0 Å². The zero-order chi connectivity index (χ0) is 16.5. The first-order valence-corrected chi connectivity index (χ1v) is 7.86. The van der Waals surface area contributed by atoms with Crippen molar-refractivity contribution in [1.82, 2.24) is 19.8 Å². The van der Waals surface area contributed by atoms with Gasteiger partial charge in [-0.1, -0.05) is 12.1 Å². The molecule has 1 fully saturated rings. The quantitative estimate of drug-likeness (QED) is 0.726. The number of hydrogen-bond donors (Lipinski definition) is 1. The van der Waals surface area contributed by atoms with Crippen molar-refractivity contribution in [3.05, 3.63) is 53.5 Å². The molecular formula is C17H17N5O2. The normalized spacial score (nSPS) is 13.9. The first-order chi connectivity index (χ1) is 11.7. The Bertz CT molecular complexity index is 901. The van der Waals surface area contributed by atoms with Crippen LogP contribution in [0.2, 0.25) is 0 Å². The summed E-state index contributed by atoms with van der Waals surface area (Å²) in [6, 6.07) is 9.42. The van der Waals surface area contributed by atoms with Crippen LogP contribution < -0.4 is 5.32 Å². The maximum Gasteiger partial charge on any atom is 0.337 e. The molecule has 122 valence electrons. The van der Waals surface area contributed by atoms with Crippen molar-refractivity contribution in [2.45, 2.75) is 25.3 Å². The van der Waals surface area contributed by atoms with E-state index in [1.54, 1.807) is 16.9 Å². The van der Waals surface area contributed by atoms with E-state index in [1.165, 1.54) is 20.0 Å². The minimum atomic E-state index is -0.336. The number of carbonyl (C=O) groups is 1. The van der Waals surface area contributed by atoms with Crippen LogP contribution in [-0.4, -0.2) is 32.9 Å². The van der Waals surface area contributed by atoms with Crippen molar-refractivity contribution in [1.29, 1.82) is 0 Å². The van der Waals surface area contributed by atoms with Crippen molar-refractivity contribution in [2.24, 2.45) is 0 Å². The third kappa shape index (κ3) is 2.80. The number of ether oxygens (including phenoxy) is 1. The highest BCUT2D eigenvalue weighted by atomic mass is 16.5. The molecule has 0 bridgehead atoms. The lowest BCUT2D eigenvalue weighted by atomic mass is 10.1. The van der Waals surface area contributed by atoms with Gasteiger partial charge in [-0.25, -0.2) is 4.79 Å². The molecule has 1 aliphatic rings. The van der Waals surface area contributed by atoms with Gasteiger partial charge in [0.1, 0.15) is 6.33 Å². The number of anilines is 1. The molecule has 7 nitrogen and oxygen atoms in total. The number of nitrogens with one attached hydrogen (secondary N) is 1. The van der Waals surface area contributed by atoms with E-state index in [9.17, 15) is 4.79 Å². The van der Waals surface area contributed by atoms with Gasteiger partial charge in [0.2, 0.25) is 5.65 Å². The number of nitrogens with zero attached hydrogens (tertiary/aromatic N) is 4. The van der Waals surface area contributed by atoms with Gasteiger partial charge in [0, 0.05) is 12.5 Å². The Hall–Kier alpha value is -2.96. The number of esters is 1. The standard InChI is InChI=1S/C17H17N5O2/c1-24-17(23)13-4-2-3-11(7-13)9-18-15-8-14(12-5-6-12)21-22-10-19-20-16(15)22/h2-4,7-8,10,12,18H,5-6,9H2,1H3. The van der Waals surface area contributed by atoms with Gasteiger partial charge in [-0.15, -0.1) is 10.2 Å². The fourth-order valence-electron chi connectivity index (χ4n) is 2.68. The van der Waals surface area contributed by atoms with Crippen LogP contribution in [-0.2, 0) is 11.3 Å². The lowest BCUT2D eigenvalue weighted by molar-refractivity contribution is 0.0600. The number of carbonyl (C=O) groups excluding carboxylic acids is 1. The lowest BCUT2D eigenvalue weighted by Gasteiger charge is -2.10. The van der Waals surface area contributed by atoms with Crippen LogP contribution in [0.5, 0.6) is 0 Å². The number of benzene rings is 1. The Balaban J connectivity index is 1.58. The molecule has 1 N–H and O–H groups in total. The minimum Gasteiger partial charge on any atom is -0.465 e. The highest BCUT2D eigenvalue weighted by Gasteiger charge is 2.26. The van der Waals surface area contributed by atoms with Gasteiger partial charge in [-0.2, -0.15) is 9.61 Å². The maximum atomic E-state index is 11.6. The fourth-order valence-corrected chi connectivity index (χ4v) is 2.68. The predicted molar refractivity (Wildman–Crippen MR) is 87.9 cm³/mol. The zero-order valence-electron chi connectivity index (χ0n) is 13.3. The van der Waals surface area contributed by atoms with Gasteiger partial charge in [-0.05, 0) is 36.6 Å². The topological polar surface area (TPSA) is 81.4 Å². The SMILES string of the molecule is COC(=O)c1cccc(CNc2cc(C3CC3)nn3cnnc23)c1. The van der Waals surface area contributed by atoms with Crippen molar-refractivity contribution in [3.63, 3.8) is 0 Å². The van der Waals surface area contributed by atoms with E-state index in [1.807, 2.05) is 24.3 Å². The summed E-state index contributed by atoms with van der Waals surface area (Å²) in [6.07, 6.45) is 3.98. The molecule has 0 atom stereocenters. The van der Waals surface area contributed by atoms with Crippen LogP contribution in [0.25, 0.3) is 5.65 Å². The Labute approximate surface area is 138 Å². The first-order valence-electron chi connectivity index (χ1n) is 7.86. The van der Waals surface area contributed by atoms with Crippen molar-refractivity contribution in [3.8, 4) is 0 Å². The molecule has 24 heavy (non-hydrogen) atoms. The number of methoxy groups -OCH3 is 1. The van der Waals surface area contributed by atoms with E-state index in [4.69, 9.17) is 4.74 Å². The van der Waals surface area contributed by atoms with Crippen LogP contribution in [0.3, 0.4) is 0 Å². The second-order valence-electron chi connectivity index (χ2n) is 5.90. The summed E-state index contributed by atoms with van der Waals surface area (Å²) in [5.41, 5.74) is 4.18. The smallest absolute Gasteiger partial charge is 0.337 e. The average Bonchev–Trinajstić information content (AvgIpc) is 3.36. The summed E-state index contributed by atoms with van der Waals surface area (Å²) in [7, 11) is 1.38. The molecule has 4 rings (SSSR count). The number of hydrogen-bond acceptors (Lipinski definition) is 6. The predicted octanol–water partition coefficient (Wildman–Crippen LogP) is 2.40. The zero-order valence-corrected chi connectivity index (χ0v) is 13.3. The van der Waals surface area contributed by atoms with Crippen LogP contribution in [0.4, 0.5) is 5.69 Å². The molecule has 2 aromatic heterocycles. The highest BCUT2D eigenvalue weighted by molar-refractivity contribution is 5.89. The van der Waals surface area contributed by atoms with Crippen LogP contribution in [0.1, 0.15) is 40.4 Å². The second-order valence-corrected chi connectivity index (χ2v) is 5.90. The van der Waals surface area contributed by atoms with E-state index >= 15 is 0 Å². The molecule has 0 amide bonds. The van der Waals surface area contributed by atoms with E-state index < -0.39 is 0 Å². The molecule has 2 heterocycles. The molecule has 0 saturated heterocycles. The van der Waals surface area contributed by atoms with Crippen molar-refractivity contribution < 1.29 is 9.53 Å². The van der Waals surface area contributed by atoms with E-state index in [2.05, 4.69) is 20.6 Å². The average molecular weight is 323 g/mol. The summed E-state index contributed by atoms with van der Waals surface area (Å²) in [5, 5.41) is 16.0. The van der Waals surface area contributed by atoms with Crippen molar-refractivity contribution >= 4 is 17.3 Å². The molecule has 1 saturated carbocycles.